The SMILES string of the molecule is C.COc1ncnc2cc3c(cc12)N(C)C(=O)[C@@H](NC(=O)c1cn(Cc2ccccc2)cn1)CO3. The van der Waals surface area contributed by atoms with Gasteiger partial charge in [0.2, 0.25) is 5.88 Å². The molecule has 0 bridgehead atoms. The standard InChI is InChI=1S/C24H22N6O4.CH4/c1-29-20-8-16-17(25-13-26-23(16)33-2)9-21(20)34-12-19(24(29)32)28-22(31)18-11-30(14-27-18)10-15-6-4-3-5-7-15;/h3-9,11,13-14,19H,10,12H2,1-2H3,(H,28,31);1H4/t19-;/m0./s1. The van der Waals surface area contributed by atoms with Crippen molar-refractivity contribution < 1.29 is 19.1 Å². The van der Waals surface area contributed by atoms with E-state index in [1.54, 1.807) is 31.7 Å². The van der Waals surface area contributed by atoms with Crippen molar-refractivity contribution in [3.05, 3.63) is 72.6 Å². The van der Waals surface area contributed by atoms with E-state index in [9.17, 15) is 9.59 Å². The van der Waals surface area contributed by atoms with E-state index in [4.69, 9.17) is 9.47 Å². The number of hydrogen-bond donors (Lipinski definition) is 1. The van der Waals surface area contributed by atoms with Crippen LogP contribution in [0.15, 0.2) is 61.3 Å². The Hall–Kier alpha value is -4.47. The van der Waals surface area contributed by atoms with Crippen LogP contribution in [0.2, 0.25) is 0 Å². The van der Waals surface area contributed by atoms with Crippen molar-refractivity contribution >= 4 is 28.4 Å². The summed E-state index contributed by atoms with van der Waals surface area (Å²) < 4.78 is 13.0. The summed E-state index contributed by atoms with van der Waals surface area (Å²) in [6, 6.07) is 12.4. The molecule has 2 amide bonds. The van der Waals surface area contributed by atoms with Gasteiger partial charge < -0.3 is 24.3 Å². The van der Waals surface area contributed by atoms with Crippen molar-refractivity contribution in [1.29, 1.82) is 0 Å². The molecule has 1 atom stereocenters. The maximum absolute atomic E-state index is 13.2. The number of hydrogen-bond acceptors (Lipinski definition) is 7. The second-order valence-corrected chi connectivity index (χ2v) is 7.87. The average Bonchev–Trinajstić information content (AvgIpc) is 3.29. The molecule has 0 spiro atoms. The summed E-state index contributed by atoms with van der Waals surface area (Å²) in [6.45, 7) is 0.560. The van der Waals surface area contributed by atoms with Gasteiger partial charge in [-0.2, -0.15) is 0 Å². The summed E-state index contributed by atoms with van der Waals surface area (Å²) in [5.41, 5.74) is 2.47. The molecule has 4 aromatic rings. The van der Waals surface area contributed by atoms with Gasteiger partial charge >= 0.3 is 0 Å². The number of imidazole rings is 1. The summed E-state index contributed by atoms with van der Waals surface area (Å²) >= 11 is 0. The van der Waals surface area contributed by atoms with Gasteiger partial charge in [-0.3, -0.25) is 9.59 Å². The monoisotopic (exact) mass is 474 g/mol. The summed E-state index contributed by atoms with van der Waals surface area (Å²) in [4.78, 5) is 40.0. The predicted molar refractivity (Wildman–Crippen MR) is 131 cm³/mol. The van der Waals surface area contributed by atoms with Gasteiger partial charge in [-0.1, -0.05) is 37.8 Å². The lowest BCUT2D eigenvalue weighted by atomic mass is 10.2. The Morgan fingerprint density at radius 2 is 2.00 bits per heavy atom. The smallest absolute Gasteiger partial charge is 0.272 e. The number of ether oxygens (including phenoxy) is 2. The largest absolute Gasteiger partial charge is 0.489 e. The van der Waals surface area contributed by atoms with Crippen LogP contribution in [0.25, 0.3) is 10.9 Å². The van der Waals surface area contributed by atoms with E-state index in [0.717, 1.165) is 5.56 Å². The fourth-order valence-electron chi connectivity index (χ4n) is 3.88. The second-order valence-electron chi connectivity index (χ2n) is 7.87. The van der Waals surface area contributed by atoms with Gasteiger partial charge in [0.05, 0.1) is 30.0 Å². The molecule has 0 aliphatic carbocycles. The summed E-state index contributed by atoms with van der Waals surface area (Å²) in [5.74, 6) is 0.110. The Morgan fingerprint density at radius 1 is 1.20 bits per heavy atom. The third-order valence-corrected chi connectivity index (χ3v) is 5.65. The molecule has 180 valence electrons. The van der Waals surface area contributed by atoms with Crippen molar-refractivity contribution in [3.8, 4) is 11.6 Å². The number of nitrogens with one attached hydrogen (secondary N) is 1. The lowest BCUT2D eigenvalue weighted by Crippen LogP contribution is -2.49. The third kappa shape index (κ3) is 4.63. The molecule has 2 aromatic carbocycles. The zero-order valence-electron chi connectivity index (χ0n) is 18.6. The maximum Gasteiger partial charge on any atom is 0.272 e. The number of carbonyl (C=O) groups is 2. The minimum atomic E-state index is -0.889. The Bertz CT molecular complexity index is 1370. The Balaban J connectivity index is 0.00000289. The predicted octanol–water partition coefficient (Wildman–Crippen LogP) is 2.67. The van der Waals surface area contributed by atoms with Gasteiger partial charge in [0, 0.05) is 25.9 Å². The van der Waals surface area contributed by atoms with E-state index in [2.05, 4.69) is 20.3 Å². The van der Waals surface area contributed by atoms with Gasteiger partial charge in [-0.25, -0.2) is 15.0 Å². The molecular weight excluding hydrogens is 448 g/mol. The minimum absolute atomic E-state index is 0. The van der Waals surface area contributed by atoms with Gasteiger partial charge in [-0.05, 0) is 11.6 Å². The number of methoxy groups -OCH3 is 1. The molecule has 2 aromatic heterocycles. The van der Waals surface area contributed by atoms with E-state index < -0.39 is 11.9 Å². The van der Waals surface area contributed by atoms with Crippen LogP contribution in [0.4, 0.5) is 5.69 Å². The highest BCUT2D eigenvalue weighted by molar-refractivity contribution is 6.04. The molecule has 1 aliphatic heterocycles. The molecule has 1 N–H and O–H groups in total. The highest BCUT2D eigenvalue weighted by Gasteiger charge is 2.32. The number of rotatable bonds is 5. The molecule has 0 saturated heterocycles. The van der Waals surface area contributed by atoms with Crippen molar-refractivity contribution in [3.63, 3.8) is 0 Å². The van der Waals surface area contributed by atoms with Crippen molar-refractivity contribution in [2.24, 2.45) is 0 Å². The molecule has 10 heteroatoms. The fraction of sp³-hybridized carbons (Fsp3) is 0.240. The maximum atomic E-state index is 13.2. The lowest BCUT2D eigenvalue weighted by molar-refractivity contribution is -0.120. The number of anilines is 1. The van der Waals surface area contributed by atoms with Crippen LogP contribution in [-0.2, 0) is 11.3 Å². The van der Waals surface area contributed by atoms with Crippen LogP contribution in [0, 0.1) is 0 Å². The van der Waals surface area contributed by atoms with E-state index >= 15 is 0 Å². The van der Waals surface area contributed by atoms with E-state index in [1.165, 1.54) is 18.3 Å². The van der Waals surface area contributed by atoms with Gasteiger partial charge in [0.1, 0.15) is 30.4 Å². The Kier molecular flexibility index (Phi) is 6.63. The molecule has 0 fully saturated rings. The third-order valence-electron chi connectivity index (χ3n) is 5.65. The van der Waals surface area contributed by atoms with Gasteiger partial charge in [0.25, 0.3) is 11.8 Å². The van der Waals surface area contributed by atoms with Crippen LogP contribution in [0.3, 0.4) is 0 Å². The quantitative estimate of drug-likeness (QED) is 0.473. The molecule has 5 rings (SSSR count). The van der Waals surface area contributed by atoms with Gasteiger partial charge in [0.15, 0.2) is 0 Å². The highest BCUT2D eigenvalue weighted by Crippen LogP contribution is 2.36. The summed E-state index contributed by atoms with van der Waals surface area (Å²) in [5, 5.41) is 3.40. The molecule has 1 aliphatic rings. The van der Waals surface area contributed by atoms with Crippen LogP contribution >= 0.6 is 0 Å². The average molecular weight is 475 g/mol. The second kappa shape index (κ2) is 9.80. The molecule has 0 saturated carbocycles. The number of benzene rings is 2. The lowest BCUT2D eigenvalue weighted by Gasteiger charge is -2.20. The number of amides is 2. The molecule has 3 heterocycles. The van der Waals surface area contributed by atoms with Crippen LogP contribution < -0.4 is 19.7 Å². The van der Waals surface area contributed by atoms with Crippen LogP contribution in [0.5, 0.6) is 11.6 Å². The topological polar surface area (TPSA) is 111 Å². The summed E-state index contributed by atoms with van der Waals surface area (Å²) in [7, 11) is 3.15. The van der Waals surface area contributed by atoms with Crippen molar-refractivity contribution in [2.45, 2.75) is 20.0 Å². The summed E-state index contributed by atoms with van der Waals surface area (Å²) in [6.07, 6.45) is 4.65. The first-order valence-corrected chi connectivity index (χ1v) is 10.6. The first-order valence-electron chi connectivity index (χ1n) is 10.6. The van der Waals surface area contributed by atoms with E-state index in [-0.39, 0.29) is 25.6 Å². The Morgan fingerprint density at radius 3 is 2.77 bits per heavy atom. The number of likely N-dealkylation sites (N-methyl/N-ethyl adjacent to an activating group) is 1. The first-order chi connectivity index (χ1) is 16.5. The number of carbonyl (C=O) groups excluding carboxylic acids is 2. The van der Waals surface area contributed by atoms with E-state index in [0.29, 0.717) is 34.8 Å². The minimum Gasteiger partial charge on any atom is -0.489 e. The van der Waals surface area contributed by atoms with Crippen LogP contribution in [0.1, 0.15) is 23.5 Å². The Labute approximate surface area is 202 Å². The van der Waals surface area contributed by atoms with E-state index in [1.807, 2.05) is 34.9 Å². The number of aromatic nitrogens is 4. The highest BCUT2D eigenvalue weighted by atomic mass is 16.5. The van der Waals surface area contributed by atoms with Crippen LogP contribution in [-0.4, -0.2) is 58.1 Å². The molecule has 10 nitrogen and oxygen atoms in total. The van der Waals surface area contributed by atoms with Gasteiger partial charge in [-0.15, -0.1) is 0 Å². The molecular formula is C25H26N6O4. The van der Waals surface area contributed by atoms with Crippen molar-refractivity contribution in [1.82, 2.24) is 24.8 Å². The normalized spacial score (nSPS) is 15.0. The zero-order valence-corrected chi connectivity index (χ0v) is 18.6. The molecule has 0 radical (unpaired) electrons. The molecule has 35 heavy (non-hydrogen) atoms. The zero-order chi connectivity index (χ0) is 23.7. The van der Waals surface area contributed by atoms with Crippen molar-refractivity contribution in [2.75, 3.05) is 25.7 Å². The first kappa shape index (κ1) is 23.7. The number of nitrogens with zero attached hydrogens (tertiary/aromatic N) is 5. The number of fused-ring (bicyclic) bond motifs is 2. The molecule has 0 unspecified atom stereocenters. The fourth-order valence-corrected chi connectivity index (χ4v) is 3.88.